The first-order valence-electron chi connectivity index (χ1n) is 6.59. The minimum Gasteiger partial charge on any atom is -0.368 e. The van der Waals surface area contributed by atoms with Crippen molar-refractivity contribution in [3.63, 3.8) is 0 Å². The van der Waals surface area contributed by atoms with E-state index in [1.54, 1.807) is 6.07 Å². The Morgan fingerprint density at radius 2 is 1.95 bits per heavy atom. The highest BCUT2D eigenvalue weighted by Crippen LogP contribution is 2.30. The van der Waals surface area contributed by atoms with Gasteiger partial charge in [0, 0.05) is 38.4 Å². The molecule has 0 amide bonds. The molecular formula is C14H19FN4. The first kappa shape index (κ1) is 12.3. The van der Waals surface area contributed by atoms with Gasteiger partial charge in [0.15, 0.2) is 0 Å². The van der Waals surface area contributed by atoms with Crippen molar-refractivity contribution in [1.82, 2.24) is 10.2 Å². The van der Waals surface area contributed by atoms with Crippen LogP contribution < -0.4 is 15.5 Å². The number of nitrogens with zero attached hydrogens (tertiary/aromatic N) is 2. The molecule has 0 spiro atoms. The quantitative estimate of drug-likeness (QED) is 0.804. The first-order chi connectivity index (χ1) is 9.13. The van der Waals surface area contributed by atoms with E-state index in [2.05, 4.69) is 34.1 Å². The third kappa shape index (κ3) is 2.38. The van der Waals surface area contributed by atoms with Crippen LogP contribution >= 0.6 is 0 Å². The summed E-state index contributed by atoms with van der Waals surface area (Å²) in [6, 6.07) is 3.53. The van der Waals surface area contributed by atoms with Gasteiger partial charge in [-0.3, -0.25) is 0 Å². The molecule has 5 heteroatoms. The average molecular weight is 262 g/mol. The maximum atomic E-state index is 14.2. The van der Waals surface area contributed by atoms with Crippen LogP contribution in [0.25, 0.3) is 0 Å². The second-order valence-electron chi connectivity index (χ2n) is 5.21. The lowest BCUT2D eigenvalue weighted by Crippen LogP contribution is -2.45. The van der Waals surface area contributed by atoms with E-state index >= 15 is 0 Å². The van der Waals surface area contributed by atoms with E-state index in [1.807, 2.05) is 6.07 Å². The Bertz CT molecular complexity index is 506. The molecule has 1 fully saturated rings. The summed E-state index contributed by atoms with van der Waals surface area (Å²) in [7, 11) is 2.10. The van der Waals surface area contributed by atoms with Gasteiger partial charge in [-0.25, -0.2) is 4.39 Å². The first-order valence-corrected chi connectivity index (χ1v) is 6.59. The molecule has 0 aromatic heterocycles. The van der Waals surface area contributed by atoms with Crippen molar-refractivity contribution in [1.29, 1.82) is 0 Å². The fourth-order valence-corrected chi connectivity index (χ4v) is 2.57. The average Bonchev–Trinajstić information content (AvgIpc) is 2.39. The zero-order valence-electron chi connectivity index (χ0n) is 11.2. The van der Waals surface area contributed by atoms with Gasteiger partial charge in [-0.1, -0.05) is 6.58 Å². The van der Waals surface area contributed by atoms with Gasteiger partial charge in [-0.15, -0.1) is 0 Å². The molecule has 0 saturated carbocycles. The molecule has 102 valence electrons. The zero-order chi connectivity index (χ0) is 13.4. The van der Waals surface area contributed by atoms with Crippen LogP contribution in [-0.2, 0) is 6.54 Å². The smallest absolute Gasteiger partial charge is 0.148 e. The van der Waals surface area contributed by atoms with E-state index in [4.69, 9.17) is 0 Å². The maximum absolute atomic E-state index is 14.2. The Morgan fingerprint density at radius 3 is 2.68 bits per heavy atom. The van der Waals surface area contributed by atoms with Crippen LogP contribution in [0.15, 0.2) is 24.5 Å². The summed E-state index contributed by atoms with van der Waals surface area (Å²) in [5, 5.41) is 6.21. The fraction of sp³-hybridized carbons (Fsp3) is 0.429. The van der Waals surface area contributed by atoms with Gasteiger partial charge in [0.25, 0.3) is 0 Å². The highest BCUT2D eigenvalue weighted by atomic mass is 19.1. The number of hydrogen-bond acceptors (Lipinski definition) is 4. The SMILES string of the molecule is C=C1NCc2cc(N3CCN(C)CC3)c(F)cc2N1. The van der Waals surface area contributed by atoms with Crippen LogP contribution in [-0.4, -0.2) is 38.1 Å². The number of nitrogens with one attached hydrogen (secondary N) is 2. The van der Waals surface area contributed by atoms with E-state index in [0.717, 1.165) is 43.3 Å². The van der Waals surface area contributed by atoms with Gasteiger partial charge in [-0.2, -0.15) is 0 Å². The van der Waals surface area contributed by atoms with Gasteiger partial charge in [0.1, 0.15) is 5.82 Å². The molecule has 0 atom stereocenters. The predicted octanol–water partition coefficient (Wildman–Crippen LogP) is 1.56. The van der Waals surface area contributed by atoms with Crippen LogP contribution in [0.4, 0.5) is 15.8 Å². The van der Waals surface area contributed by atoms with Crippen molar-refractivity contribution in [2.75, 3.05) is 43.4 Å². The molecule has 4 nitrogen and oxygen atoms in total. The molecule has 1 aromatic carbocycles. The predicted molar refractivity (Wildman–Crippen MR) is 75.7 cm³/mol. The lowest BCUT2D eigenvalue weighted by atomic mass is 10.1. The summed E-state index contributed by atoms with van der Waals surface area (Å²) in [5.41, 5.74) is 2.62. The third-order valence-corrected chi connectivity index (χ3v) is 3.79. The zero-order valence-corrected chi connectivity index (χ0v) is 11.2. The maximum Gasteiger partial charge on any atom is 0.148 e. The number of likely N-dealkylation sites (N-methyl/N-ethyl adjacent to an activating group) is 1. The van der Waals surface area contributed by atoms with Crippen molar-refractivity contribution >= 4 is 11.4 Å². The molecule has 2 aliphatic heterocycles. The van der Waals surface area contributed by atoms with E-state index < -0.39 is 0 Å². The summed E-state index contributed by atoms with van der Waals surface area (Å²) in [6.45, 7) is 8.20. The fourth-order valence-electron chi connectivity index (χ4n) is 2.57. The summed E-state index contributed by atoms with van der Waals surface area (Å²) >= 11 is 0. The van der Waals surface area contributed by atoms with E-state index in [-0.39, 0.29) is 5.82 Å². The highest BCUT2D eigenvalue weighted by Gasteiger charge is 2.20. The normalized spacial score (nSPS) is 19.7. The number of piperazine rings is 1. The van der Waals surface area contributed by atoms with Gasteiger partial charge in [0.05, 0.1) is 11.5 Å². The number of hydrogen-bond donors (Lipinski definition) is 2. The minimum absolute atomic E-state index is 0.162. The molecule has 0 bridgehead atoms. The number of anilines is 2. The Hall–Kier alpha value is -1.75. The molecular weight excluding hydrogens is 243 g/mol. The minimum atomic E-state index is -0.162. The van der Waals surface area contributed by atoms with Crippen molar-refractivity contribution in [3.05, 3.63) is 35.9 Å². The summed E-state index contributed by atoms with van der Waals surface area (Å²) < 4.78 is 14.2. The van der Waals surface area contributed by atoms with E-state index in [0.29, 0.717) is 12.2 Å². The van der Waals surface area contributed by atoms with Crippen LogP contribution in [0, 0.1) is 5.82 Å². The Labute approximate surface area is 112 Å². The Morgan fingerprint density at radius 1 is 1.21 bits per heavy atom. The van der Waals surface area contributed by atoms with Crippen LogP contribution in [0.3, 0.4) is 0 Å². The second kappa shape index (κ2) is 4.74. The summed E-state index contributed by atoms with van der Waals surface area (Å²) in [4.78, 5) is 4.39. The van der Waals surface area contributed by atoms with Crippen molar-refractivity contribution < 1.29 is 4.39 Å². The molecule has 2 aliphatic rings. The molecule has 1 aromatic rings. The molecule has 0 aliphatic carbocycles. The Kier molecular flexibility index (Phi) is 3.06. The van der Waals surface area contributed by atoms with Crippen LogP contribution in [0.2, 0.25) is 0 Å². The summed E-state index contributed by atoms with van der Waals surface area (Å²) in [6.07, 6.45) is 0. The van der Waals surface area contributed by atoms with E-state index in [1.165, 1.54) is 0 Å². The van der Waals surface area contributed by atoms with Crippen LogP contribution in [0.1, 0.15) is 5.56 Å². The number of fused-ring (bicyclic) bond motifs is 1. The van der Waals surface area contributed by atoms with Gasteiger partial charge >= 0.3 is 0 Å². The van der Waals surface area contributed by atoms with Crippen molar-refractivity contribution in [2.45, 2.75) is 6.54 Å². The molecule has 19 heavy (non-hydrogen) atoms. The van der Waals surface area contributed by atoms with E-state index in [9.17, 15) is 4.39 Å². The summed E-state index contributed by atoms with van der Waals surface area (Å²) in [5.74, 6) is 0.560. The Balaban J connectivity index is 1.88. The highest BCUT2D eigenvalue weighted by molar-refractivity contribution is 5.64. The molecule has 0 radical (unpaired) electrons. The van der Waals surface area contributed by atoms with Gasteiger partial charge in [0.2, 0.25) is 0 Å². The molecule has 2 N–H and O–H groups in total. The topological polar surface area (TPSA) is 30.5 Å². The molecule has 3 rings (SSSR count). The molecule has 0 unspecified atom stereocenters. The number of benzene rings is 1. The molecule has 1 saturated heterocycles. The lowest BCUT2D eigenvalue weighted by Gasteiger charge is -2.35. The monoisotopic (exact) mass is 262 g/mol. The number of rotatable bonds is 1. The van der Waals surface area contributed by atoms with Crippen LogP contribution in [0.5, 0.6) is 0 Å². The standard InChI is InChI=1S/C14H19FN4/c1-10-16-9-11-7-14(12(15)8-13(11)17-10)19-5-3-18(2)4-6-19/h7-8,16-17H,1,3-6,9H2,2H3. The third-order valence-electron chi connectivity index (χ3n) is 3.79. The van der Waals surface area contributed by atoms with Crippen molar-refractivity contribution in [3.8, 4) is 0 Å². The second-order valence-corrected chi connectivity index (χ2v) is 5.21. The number of halogens is 1. The van der Waals surface area contributed by atoms with Gasteiger partial charge < -0.3 is 20.4 Å². The largest absolute Gasteiger partial charge is 0.368 e. The lowest BCUT2D eigenvalue weighted by molar-refractivity contribution is 0.311. The van der Waals surface area contributed by atoms with Gasteiger partial charge in [-0.05, 0) is 24.7 Å². The van der Waals surface area contributed by atoms with Crippen molar-refractivity contribution in [2.24, 2.45) is 0 Å². The molecule has 2 heterocycles.